The van der Waals surface area contributed by atoms with Crippen molar-refractivity contribution >= 4 is 11.6 Å². The lowest BCUT2D eigenvalue weighted by atomic mass is 10.1. The van der Waals surface area contributed by atoms with E-state index in [0.29, 0.717) is 11.3 Å². The highest BCUT2D eigenvalue weighted by atomic mass is 35.5. The average molecular weight is 226 g/mol. The van der Waals surface area contributed by atoms with E-state index in [9.17, 15) is 9.50 Å². The van der Waals surface area contributed by atoms with Crippen molar-refractivity contribution in [1.29, 1.82) is 0 Å². The van der Waals surface area contributed by atoms with Crippen LogP contribution >= 0.6 is 11.6 Å². The van der Waals surface area contributed by atoms with Crippen LogP contribution < -0.4 is 0 Å². The first-order valence-electron chi connectivity index (χ1n) is 4.45. The number of nitrogens with one attached hydrogen (secondary N) is 1. The molecule has 2 rings (SSSR count). The second-order valence-electron chi connectivity index (χ2n) is 3.17. The van der Waals surface area contributed by atoms with Gasteiger partial charge in [0.2, 0.25) is 0 Å². The Balaban J connectivity index is 2.42. The number of H-pyrrole nitrogens is 1. The van der Waals surface area contributed by atoms with Gasteiger partial charge in [0.25, 0.3) is 0 Å². The molecular formula is C11H9ClFNO. The summed E-state index contributed by atoms with van der Waals surface area (Å²) in [6.07, 6.45) is 0.759. The highest BCUT2D eigenvalue weighted by Crippen LogP contribution is 2.28. The Kier molecular flexibility index (Phi) is 2.75. The van der Waals surface area contributed by atoms with Gasteiger partial charge in [-0.25, -0.2) is 4.39 Å². The Bertz CT molecular complexity index is 456. The summed E-state index contributed by atoms with van der Waals surface area (Å²) in [4.78, 5) is 2.85. The molecule has 1 heterocycles. The Morgan fingerprint density at radius 2 is 2.07 bits per heavy atom. The zero-order valence-electron chi connectivity index (χ0n) is 7.74. The molecule has 0 spiro atoms. The number of halogens is 2. The van der Waals surface area contributed by atoms with Gasteiger partial charge in [-0.2, -0.15) is 0 Å². The molecule has 0 fully saturated rings. The normalized spacial score (nSPS) is 12.7. The zero-order chi connectivity index (χ0) is 10.8. The molecule has 0 aliphatic rings. The molecule has 0 saturated heterocycles. The van der Waals surface area contributed by atoms with Crippen LogP contribution in [0.3, 0.4) is 0 Å². The van der Waals surface area contributed by atoms with Crippen molar-refractivity contribution in [2.75, 3.05) is 0 Å². The van der Waals surface area contributed by atoms with E-state index >= 15 is 0 Å². The predicted molar refractivity (Wildman–Crippen MR) is 56.3 cm³/mol. The largest absolute Gasteiger partial charge is 0.382 e. The van der Waals surface area contributed by atoms with E-state index in [1.54, 1.807) is 24.4 Å². The minimum absolute atomic E-state index is 0.0420. The van der Waals surface area contributed by atoms with Crippen molar-refractivity contribution in [3.63, 3.8) is 0 Å². The standard InChI is InChI=1S/C11H9ClFNO/c12-10-7(3-1-4-8(10)13)11(15)9-5-2-6-14-9/h1-6,11,14-15H. The first-order valence-corrected chi connectivity index (χ1v) is 4.83. The number of aromatic nitrogens is 1. The fraction of sp³-hybridized carbons (Fsp3) is 0.0909. The third-order valence-corrected chi connectivity index (χ3v) is 2.59. The molecule has 0 bridgehead atoms. The van der Waals surface area contributed by atoms with E-state index in [2.05, 4.69) is 4.98 Å². The minimum atomic E-state index is -0.928. The van der Waals surface area contributed by atoms with Gasteiger partial charge in [0.05, 0.1) is 5.02 Å². The van der Waals surface area contributed by atoms with Gasteiger partial charge in [-0.15, -0.1) is 0 Å². The molecule has 2 aromatic rings. The molecular weight excluding hydrogens is 217 g/mol. The second kappa shape index (κ2) is 4.04. The van der Waals surface area contributed by atoms with Crippen molar-refractivity contribution < 1.29 is 9.50 Å². The number of hydrogen-bond donors (Lipinski definition) is 2. The maximum Gasteiger partial charge on any atom is 0.142 e. The van der Waals surface area contributed by atoms with Crippen molar-refractivity contribution in [1.82, 2.24) is 4.98 Å². The summed E-state index contributed by atoms with van der Waals surface area (Å²) in [7, 11) is 0. The van der Waals surface area contributed by atoms with Gasteiger partial charge >= 0.3 is 0 Å². The number of aliphatic hydroxyl groups excluding tert-OH is 1. The van der Waals surface area contributed by atoms with E-state index < -0.39 is 11.9 Å². The number of aromatic amines is 1. The molecule has 0 aliphatic heterocycles. The predicted octanol–water partition coefficient (Wildman–Crippen LogP) is 2.89. The highest BCUT2D eigenvalue weighted by molar-refractivity contribution is 6.31. The first kappa shape index (κ1) is 10.2. The monoisotopic (exact) mass is 225 g/mol. The molecule has 0 amide bonds. The number of hydrogen-bond acceptors (Lipinski definition) is 1. The Morgan fingerprint density at radius 1 is 1.27 bits per heavy atom. The Labute approximate surface area is 91.3 Å². The smallest absolute Gasteiger partial charge is 0.142 e. The molecule has 4 heteroatoms. The highest BCUT2D eigenvalue weighted by Gasteiger charge is 2.16. The SMILES string of the molecule is OC(c1ccc[nH]1)c1cccc(F)c1Cl. The van der Waals surface area contributed by atoms with Crippen molar-refractivity contribution in [3.8, 4) is 0 Å². The molecule has 2 nitrogen and oxygen atoms in total. The van der Waals surface area contributed by atoms with Crippen LogP contribution in [0.4, 0.5) is 4.39 Å². The topological polar surface area (TPSA) is 36.0 Å². The van der Waals surface area contributed by atoms with Crippen LogP contribution in [0.1, 0.15) is 17.4 Å². The van der Waals surface area contributed by atoms with Gasteiger partial charge < -0.3 is 10.1 Å². The third kappa shape index (κ3) is 1.89. The van der Waals surface area contributed by atoms with E-state index in [0.717, 1.165) is 0 Å². The van der Waals surface area contributed by atoms with Crippen LogP contribution in [0.5, 0.6) is 0 Å². The molecule has 2 N–H and O–H groups in total. The lowest BCUT2D eigenvalue weighted by Gasteiger charge is -2.11. The maximum atomic E-state index is 13.1. The Morgan fingerprint density at radius 3 is 2.73 bits per heavy atom. The Hall–Kier alpha value is -1.32. The summed E-state index contributed by atoms with van der Waals surface area (Å²) in [5.74, 6) is -0.528. The summed E-state index contributed by atoms with van der Waals surface area (Å²) in [5.41, 5.74) is 0.946. The fourth-order valence-corrected chi connectivity index (χ4v) is 1.64. The lowest BCUT2D eigenvalue weighted by Crippen LogP contribution is -2.01. The summed E-state index contributed by atoms with van der Waals surface area (Å²) in [6, 6.07) is 7.84. The maximum absolute atomic E-state index is 13.1. The van der Waals surface area contributed by atoms with Crippen LogP contribution in [0.2, 0.25) is 5.02 Å². The molecule has 15 heavy (non-hydrogen) atoms. The van der Waals surface area contributed by atoms with Gasteiger partial charge in [-0.1, -0.05) is 23.7 Å². The summed E-state index contributed by atoms with van der Waals surface area (Å²) in [5, 5.41) is 9.86. The lowest BCUT2D eigenvalue weighted by molar-refractivity contribution is 0.215. The van der Waals surface area contributed by atoms with Crippen LogP contribution in [0.25, 0.3) is 0 Å². The van der Waals surface area contributed by atoms with Gasteiger partial charge in [0.15, 0.2) is 0 Å². The molecule has 0 saturated carbocycles. The van der Waals surface area contributed by atoms with Gasteiger partial charge in [-0.05, 0) is 18.2 Å². The van der Waals surface area contributed by atoms with Gasteiger partial charge in [0.1, 0.15) is 11.9 Å². The second-order valence-corrected chi connectivity index (χ2v) is 3.55. The zero-order valence-corrected chi connectivity index (χ0v) is 8.50. The quantitative estimate of drug-likeness (QED) is 0.810. The van der Waals surface area contributed by atoms with Crippen molar-refractivity contribution in [3.05, 3.63) is 58.6 Å². The van der Waals surface area contributed by atoms with Gasteiger partial charge in [-0.3, -0.25) is 0 Å². The van der Waals surface area contributed by atoms with Crippen LogP contribution in [0, 0.1) is 5.82 Å². The third-order valence-electron chi connectivity index (χ3n) is 2.19. The van der Waals surface area contributed by atoms with Crippen molar-refractivity contribution in [2.24, 2.45) is 0 Å². The number of rotatable bonds is 2. The summed E-state index contributed by atoms with van der Waals surface area (Å²) in [6.45, 7) is 0. The molecule has 1 aromatic heterocycles. The average Bonchev–Trinajstić information content (AvgIpc) is 2.74. The van der Waals surface area contributed by atoms with Crippen LogP contribution in [-0.2, 0) is 0 Å². The van der Waals surface area contributed by atoms with E-state index in [4.69, 9.17) is 11.6 Å². The molecule has 0 radical (unpaired) electrons. The fourth-order valence-electron chi connectivity index (χ4n) is 1.41. The molecule has 0 aliphatic carbocycles. The van der Waals surface area contributed by atoms with E-state index in [1.807, 2.05) is 0 Å². The van der Waals surface area contributed by atoms with Gasteiger partial charge in [0, 0.05) is 17.5 Å². The molecule has 1 aromatic carbocycles. The summed E-state index contributed by atoms with van der Waals surface area (Å²) >= 11 is 5.76. The van der Waals surface area contributed by atoms with Crippen LogP contribution in [-0.4, -0.2) is 10.1 Å². The van der Waals surface area contributed by atoms with E-state index in [1.165, 1.54) is 12.1 Å². The van der Waals surface area contributed by atoms with Crippen molar-refractivity contribution in [2.45, 2.75) is 6.10 Å². The number of aliphatic hydroxyl groups is 1. The van der Waals surface area contributed by atoms with Crippen LogP contribution in [0.15, 0.2) is 36.5 Å². The summed E-state index contributed by atoms with van der Waals surface area (Å²) < 4.78 is 13.1. The first-order chi connectivity index (χ1) is 7.20. The molecule has 1 atom stereocenters. The molecule has 1 unspecified atom stereocenters. The van der Waals surface area contributed by atoms with E-state index in [-0.39, 0.29) is 5.02 Å². The minimum Gasteiger partial charge on any atom is -0.382 e. The molecule has 78 valence electrons. The number of benzene rings is 1.